The molecular formula is C14H21ClN2O. The Bertz CT molecular complexity index is 391. The molecule has 100 valence electrons. The molecule has 1 atom stereocenters. The van der Waals surface area contributed by atoms with Crippen molar-refractivity contribution >= 4 is 11.6 Å². The van der Waals surface area contributed by atoms with Gasteiger partial charge in [0.15, 0.2) is 0 Å². The number of halogens is 1. The van der Waals surface area contributed by atoms with Crippen molar-refractivity contribution in [2.45, 2.75) is 31.9 Å². The van der Waals surface area contributed by atoms with E-state index in [0.717, 1.165) is 35.8 Å². The average molecular weight is 269 g/mol. The van der Waals surface area contributed by atoms with Crippen molar-refractivity contribution < 1.29 is 5.11 Å². The highest BCUT2D eigenvalue weighted by Crippen LogP contribution is 2.24. The third-order valence-corrected chi connectivity index (χ3v) is 3.88. The zero-order valence-corrected chi connectivity index (χ0v) is 11.4. The first-order valence-corrected chi connectivity index (χ1v) is 6.97. The van der Waals surface area contributed by atoms with E-state index in [1.165, 1.54) is 19.3 Å². The largest absolute Gasteiger partial charge is 0.387 e. The van der Waals surface area contributed by atoms with Crippen molar-refractivity contribution in [3.8, 4) is 0 Å². The van der Waals surface area contributed by atoms with Gasteiger partial charge >= 0.3 is 0 Å². The molecule has 3 N–H and O–H groups in total. The Kier molecular flexibility index (Phi) is 5.01. The summed E-state index contributed by atoms with van der Waals surface area (Å²) in [4.78, 5) is 2.43. The van der Waals surface area contributed by atoms with E-state index in [2.05, 4.69) is 4.90 Å². The molecule has 0 amide bonds. The minimum absolute atomic E-state index is 0.224. The lowest BCUT2D eigenvalue weighted by molar-refractivity contribution is 0.186. The first-order chi connectivity index (χ1) is 8.70. The third-order valence-electron chi connectivity index (χ3n) is 3.53. The van der Waals surface area contributed by atoms with Crippen molar-refractivity contribution in [2.75, 3.05) is 19.6 Å². The summed E-state index contributed by atoms with van der Waals surface area (Å²) in [5, 5.41) is 10.4. The van der Waals surface area contributed by atoms with Crippen LogP contribution in [0.15, 0.2) is 18.2 Å². The van der Waals surface area contributed by atoms with Gasteiger partial charge in [-0.2, -0.15) is 0 Å². The van der Waals surface area contributed by atoms with Crippen molar-refractivity contribution in [1.29, 1.82) is 0 Å². The zero-order chi connectivity index (χ0) is 13.0. The summed E-state index contributed by atoms with van der Waals surface area (Å²) in [5.74, 6) is 0. The molecule has 1 fully saturated rings. The van der Waals surface area contributed by atoms with Crippen LogP contribution in [0.4, 0.5) is 0 Å². The fraction of sp³-hybridized carbons (Fsp3) is 0.571. The Labute approximate surface area is 114 Å². The second-order valence-electron chi connectivity index (χ2n) is 4.94. The predicted octanol–water partition coefficient (Wildman–Crippen LogP) is 2.32. The first kappa shape index (κ1) is 13.8. The maximum absolute atomic E-state index is 9.67. The molecule has 18 heavy (non-hydrogen) atoms. The molecule has 1 aromatic carbocycles. The van der Waals surface area contributed by atoms with E-state index in [1.54, 1.807) is 0 Å². The Morgan fingerprint density at radius 1 is 1.28 bits per heavy atom. The Morgan fingerprint density at radius 3 is 2.61 bits per heavy atom. The lowest BCUT2D eigenvalue weighted by atomic mass is 10.1. The van der Waals surface area contributed by atoms with Crippen LogP contribution in [0.25, 0.3) is 0 Å². The van der Waals surface area contributed by atoms with Gasteiger partial charge < -0.3 is 10.8 Å². The van der Waals surface area contributed by atoms with Gasteiger partial charge in [0, 0.05) is 18.1 Å². The lowest BCUT2D eigenvalue weighted by Gasteiger charge is -2.27. The van der Waals surface area contributed by atoms with Gasteiger partial charge in [-0.05, 0) is 43.1 Å². The summed E-state index contributed by atoms with van der Waals surface area (Å²) in [6, 6.07) is 5.76. The van der Waals surface area contributed by atoms with Crippen LogP contribution < -0.4 is 5.73 Å². The van der Waals surface area contributed by atoms with Gasteiger partial charge in [-0.1, -0.05) is 30.2 Å². The maximum atomic E-state index is 9.67. The summed E-state index contributed by atoms with van der Waals surface area (Å²) in [6.45, 7) is 3.44. The Balaban J connectivity index is 2.04. The second kappa shape index (κ2) is 6.53. The fourth-order valence-corrected chi connectivity index (χ4v) is 2.64. The van der Waals surface area contributed by atoms with Crippen molar-refractivity contribution in [3.63, 3.8) is 0 Å². The number of hydrogen-bond donors (Lipinski definition) is 2. The first-order valence-electron chi connectivity index (χ1n) is 6.59. The minimum Gasteiger partial charge on any atom is -0.387 e. The predicted molar refractivity (Wildman–Crippen MR) is 74.6 cm³/mol. The molecule has 1 aliphatic heterocycles. The number of piperidine rings is 1. The molecule has 0 radical (unpaired) electrons. The molecular weight excluding hydrogens is 248 g/mol. The number of hydrogen-bond acceptors (Lipinski definition) is 3. The van der Waals surface area contributed by atoms with Crippen LogP contribution in [0, 0.1) is 0 Å². The van der Waals surface area contributed by atoms with E-state index < -0.39 is 6.10 Å². The van der Waals surface area contributed by atoms with Crippen molar-refractivity contribution in [3.05, 3.63) is 34.3 Å². The van der Waals surface area contributed by atoms with Gasteiger partial charge in [0.2, 0.25) is 0 Å². The van der Waals surface area contributed by atoms with Crippen LogP contribution >= 0.6 is 11.6 Å². The average Bonchev–Trinajstić information content (AvgIpc) is 2.41. The number of likely N-dealkylation sites (tertiary alicyclic amines) is 1. The monoisotopic (exact) mass is 268 g/mol. The molecule has 0 spiro atoms. The highest BCUT2D eigenvalue weighted by Gasteiger charge is 2.13. The molecule has 4 heteroatoms. The summed E-state index contributed by atoms with van der Waals surface area (Å²) >= 11 is 6.27. The van der Waals surface area contributed by atoms with Crippen LogP contribution in [0.2, 0.25) is 5.02 Å². The lowest BCUT2D eigenvalue weighted by Crippen LogP contribution is -2.29. The van der Waals surface area contributed by atoms with Gasteiger partial charge in [0.05, 0.1) is 6.10 Å². The molecule has 3 nitrogen and oxygen atoms in total. The number of rotatable bonds is 4. The zero-order valence-electron chi connectivity index (χ0n) is 10.6. The highest BCUT2D eigenvalue weighted by atomic mass is 35.5. The summed E-state index contributed by atoms with van der Waals surface area (Å²) in [7, 11) is 0. The van der Waals surface area contributed by atoms with E-state index in [0.29, 0.717) is 0 Å². The highest BCUT2D eigenvalue weighted by molar-refractivity contribution is 6.31. The van der Waals surface area contributed by atoms with E-state index >= 15 is 0 Å². The van der Waals surface area contributed by atoms with Gasteiger partial charge in [0.1, 0.15) is 0 Å². The number of aliphatic hydroxyl groups is 1. The van der Waals surface area contributed by atoms with Crippen molar-refractivity contribution in [1.82, 2.24) is 4.90 Å². The topological polar surface area (TPSA) is 49.5 Å². The smallest absolute Gasteiger partial charge is 0.0912 e. The number of benzene rings is 1. The number of nitrogens with two attached hydrogens (primary N) is 1. The second-order valence-corrected chi connectivity index (χ2v) is 5.35. The Morgan fingerprint density at radius 2 is 2.00 bits per heavy atom. The molecule has 0 bridgehead atoms. The molecule has 1 aromatic rings. The quantitative estimate of drug-likeness (QED) is 0.881. The van der Waals surface area contributed by atoms with Crippen LogP contribution in [0.3, 0.4) is 0 Å². The van der Waals surface area contributed by atoms with Gasteiger partial charge in [0.25, 0.3) is 0 Å². The summed E-state index contributed by atoms with van der Waals surface area (Å²) < 4.78 is 0. The number of aliphatic hydroxyl groups excluding tert-OH is 1. The van der Waals surface area contributed by atoms with Crippen LogP contribution in [-0.4, -0.2) is 29.6 Å². The standard InChI is InChI=1S/C14H21ClN2O/c15-13-8-11(14(18)9-16)4-5-12(13)10-17-6-2-1-3-7-17/h4-5,8,14,18H,1-3,6-7,9-10,16H2. The van der Waals surface area contributed by atoms with Crippen LogP contribution in [0.5, 0.6) is 0 Å². The molecule has 2 rings (SSSR count). The number of nitrogens with zero attached hydrogens (tertiary/aromatic N) is 1. The minimum atomic E-state index is -0.619. The Hall–Kier alpha value is -0.610. The fourth-order valence-electron chi connectivity index (χ4n) is 2.39. The van der Waals surface area contributed by atoms with Crippen LogP contribution in [0.1, 0.15) is 36.5 Å². The maximum Gasteiger partial charge on any atom is 0.0912 e. The van der Waals surface area contributed by atoms with Gasteiger partial charge in [-0.25, -0.2) is 0 Å². The van der Waals surface area contributed by atoms with Crippen LogP contribution in [-0.2, 0) is 6.54 Å². The molecule has 1 heterocycles. The molecule has 0 saturated carbocycles. The SMILES string of the molecule is NCC(O)c1ccc(CN2CCCCC2)c(Cl)c1. The summed E-state index contributed by atoms with van der Waals surface area (Å²) in [5.41, 5.74) is 7.37. The molecule has 0 aliphatic carbocycles. The van der Waals surface area contributed by atoms with E-state index in [1.807, 2.05) is 18.2 Å². The van der Waals surface area contributed by atoms with Crippen molar-refractivity contribution in [2.24, 2.45) is 5.73 Å². The third kappa shape index (κ3) is 3.45. The van der Waals surface area contributed by atoms with E-state index in [4.69, 9.17) is 17.3 Å². The van der Waals surface area contributed by atoms with Gasteiger partial charge in [-0.3, -0.25) is 4.90 Å². The summed E-state index contributed by atoms with van der Waals surface area (Å²) in [6.07, 6.45) is 3.28. The molecule has 1 saturated heterocycles. The molecule has 1 aliphatic rings. The van der Waals surface area contributed by atoms with E-state index in [-0.39, 0.29) is 6.54 Å². The molecule has 1 unspecified atom stereocenters. The molecule has 0 aromatic heterocycles. The van der Waals surface area contributed by atoms with Gasteiger partial charge in [-0.15, -0.1) is 0 Å². The normalized spacial score (nSPS) is 18.8. The van der Waals surface area contributed by atoms with E-state index in [9.17, 15) is 5.11 Å².